The average molecular weight is 866 g/mol. The molecule has 17 nitrogen and oxygen atoms in total. The Hall–Kier alpha value is -6.04. The molecule has 0 spiro atoms. The highest BCUT2D eigenvalue weighted by atomic mass is 16.5. The van der Waals surface area contributed by atoms with Gasteiger partial charge in [-0.2, -0.15) is 0 Å². The zero-order valence-corrected chi connectivity index (χ0v) is 36.3. The van der Waals surface area contributed by atoms with Gasteiger partial charge in [0, 0.05) is 86.9 Å². The smallest absolute Gasteiger partial charge is 0.262 e. The third kappa shape index (κ3) is 8.95. The Morgan fingerprint density at radius 2 is 1.67 bits per heavy atom. The number of benzene rings is 2. The molecule has 2 aromatic carbocycles. The fraction of sp³-hybridized carbons (Fsp3) is 0.478. The Morgan fingerprint density at radius 1 is 0.905 bits per heavy atom. The first kappa shape index (κ1) is 43.6. The van der Waals surface area contributed by atoms with E-state index in [-0.39, 0.29) is 48.0 Å². The lowest BCUT2D eigenvalue weighted by molar-refractivity contribution is -0.136. The molecular formula is C46H55N7O10. The minimum atomic E-state index is -0.994. The summed E-state index contributed by atoms with van der Waals surface area (Å²) in [6.07, 6.45) is 2.05. The topological polar surface area (TPSA) is 194 Å². The summed E-state index contributed by atoms with van der Waals surface area (Å²) in [4.78, 5) is 85.5. The lowest BCUT2D eigenvalue weighted by Gasteiger charge is -2.36. The molecule has 4 aliphatic heterocycles. The molecule has 4 aliphatic rings. The minimum Gasteiger partial charge on any atom is -0.496 e. The Kier molecular flexibility index (Phi) is 13.0. The van der Waals surface area contributed by atoms with Crippen molar-refractivity contribution in [2.75, 3.05) is 77.8 Å². The Balaban J connectivity index is 0.840. The first-order valence-electron chi connectivity index (χ1n) is 21.7. The molecule has 3 saturated heterocycles. The average Bonchev–Trinajstić information content (AvgIpc) is 3.71. The lowest BCUT2D eigenvalue weighted by Crippen LogP contribution is -2.54. The number of imide groups is 2. The molecule has 4 aromatic rings. The van der Waals surface area contributed by atoms with Gasteiger partial charge in [-0.15, -0.1) is 0 Å². The van der Waals surface area contributed by atoms with E-state index in [4.69, 9.17) is 18.9 Å². The zero-order chi connectivity index (χ0) is 44.4. The number of amides is 5. The highest BCUT2D eigenvalue weighted by Crippen LogP contribution is 2.37. The third-order valence-corrected chi connectivity index (χ3v) is 12.9. The summed E-state index contributed by atoms with van der Waals surface area (Å²) in [6, 6.07) is 11.9. The number of rotatable bonds is 15. The number of hydrogen-bond acceptors (Lipinski definition) is 12. The van der Waals surface area contributed by atoms with E-state index in [0.717, 1.165) is 72.7 Å². The molecule has 0 aliphatic carbocycles. The van der Waals surface area contributed by atoms with Gasteiger partial charge in [-0.1, -0.05) is 0 Å². The molecule has 17 heteroatoms. The summed E-state index contributed by atoms with van der Waals surface area (Å²) in [5, 5.41) is 6.01. The molecule has 3 N–H and O–H groups in total. The van der Waals surface area contributed by atoms with E-state index < -0.39 is 29.7 Å². The van der Waals surface area contributed by atoms with Gasteiger partial charge in [0.05, 0.1) is 54.6 Å². The number of aromatic nitrogens is 2. The number of ether oxygens (including phenoxy) is 4. The van der Waals surface area contributed by atoms with E-state index in [2.05, 4.69) is 36.9 Å². The summed E-state index contributed by atoms with van der Waals surface area (Å²) in [5.74, 6) is -0.869. The minimum absolute atomic E-state index is 0.00903. The maximum absolute atomic E-state index is 13.9. The number of anilines is 1. The summed E-state index contributed by atoms with van der Waals surface area (Å²) in [7, 11) is 1.50. The highest BCUT2D eigenvalue weighted by Gasteiger charge is 2.45. The van der Waals surface area contributed by atoms with E-state index in [0.29, 0.717) is 67.3 Å². The first-order chi connectivity index (χ1) is 30.4. The Morgan fingerprint density at radius 3 is 2.41 bits per heavy atom. The quantitative estimate of drug-likeness (QED) is 0.117. The molecule has 8 rings (SSSR count). The van der Waals surface area contributed by atoms with Crippen LogP contribution < -0.4 is 30.6 Å². The van der Waals surface area contributed by atoms with E-state index in [1.807, 2.05) is 31.2 Å². The van der Waals surface area contributed by atoms with Crippen molar-refractivity contribution in [3.8, 4) is 11.5 Å². The third-order valence-electron chi connectivity index (χ3n) is 12.9. The molecular weight excluding hydrogens is 811 g/mol. The lowest BCUT2D eigenvalue weighted by atomic mass is 9.92. The number of hydrogen-bond donors (Lipinski definition) is 3. The van der Waals surface area contributed by atoms with Crippen LogP contribution in [0, 0.1) is 19.8 Å². The van der Waals surface area contributed by atoms with Crippen LogP contribution >= 0.6 is 0 Å². The van der Waals surface area contributed by atoms with Crippen LogP contribution in [-0.2, 0) is 25.6 Å². The summed E-state index contributed by atoms with van der Waals surface area (Å²) in [5.41, 5.74) is 4.39. The van der Waals surface area contributed by atoms with Gasteiger partial charge < -0.3 is 38.7 Å². The number of carbonyl (C=O) groups is 5. The van der Waals surface area contributed by atoms with Gasteiger partial charge in [-0.3, -0.25) is 43.9 Å². The van der Waals surface area contributed by atoms with Crippen molar-refractivity contribution >= 4 is 46.1 Å². The summed E-state index contributed by atoms with van der Waals surface area (Å²) < 4.78 is 25.5. The van der Waals surface area contributed by atoms with Crippen molar-refractivity contribution in [2.24, 2.45) is 5.92 Å². The molecule has 334 valence electrons. The number of nitrogens with one attached hydrogen (secondary N) is 3. The second-order valence-electron chi connectivity index (χ2n) is 16.7. The molecule has 2 aromatic heterocycles. The highest BCUT2D eigenvalue weighted by molar-refractivity contribution is 6.23. The fourth-order valence-corrected chi connectivity index (χ4v) is 9.42. The van der Waals surface area contributed by atoms with E-state index in [9.17, 15) is 28.8 Å². The second kappa shape index (κ2) is 18.7. The molecule has 0 saturated carbocycles. The monoisotopic (exact) mass is 865 g/mol. The zero-order valence-electron chi connectivity index (χ0n) is 36.3. The number of methoxy groups -OCH3 is 1. The predicted molar refractivity (Wildman–Crippen MR) is 233 cm³/mol. The molecule has 3 fully saturated rings. The van der Waals surface area contributed by atoms with Crippen LogP contribution in [-0.4, -0.2) is 128 Å². The second-order valence-corrected chi connectivity index (χ2v) is 16.7. The van der Waals surface area contributed by atoms with Crippen LogP contribution in [0.25, 0.3) is 10.9 Å². The summed E-state index contributed by atoms with van der Waals surface area (Å²) >= 11 is 0. The molecule has 6 heterocycles. The SMILES string of the molecule is COc1cc(C)[nH]c(=O)c1CNC(=O)c1c(C)n([C@@H](C)C2CCOCC2)c2cc(OCCOCCN3CCN(c4ccc5c(c4)C(=O)N(C4CCC(=O)NC4=O)C5=O)CC3)ccc12. The van der Waals surface area contributed by atoms with Crippen molar-refractivity contribution in [1.29, 1.82) is 0 Å². The van der Waals surface area contributed by atoms with Gasteiger partial charge in [-0.05, 0) is 82.3 Å². The van der Waals surface area contributed by atoms with Crippen LogP contribution in [0.1, 0.15) is 86.7 Å². The number of piperidine rings is 1. The van der Waals surface area contributed by atoms with Gasteiger partial charge in [0.25, 0.3) is 23.3 Å². The Bertz CT molecular complexity index is 2480. The van der Waals surface area contributed by atoms with Crippen molar-refractivity contribution < 1.29 is 42.9 Å². The van der Waals surface area contributed by atoms with Crippen LogP contribution in [0.4, 0.5) is 5.69 Å². The number of aryl methyl sites for hydroxylation is 1. The number of aromatic amines is 1. The number of nitrogens with zero attached hydrogens (tertiary/aromatic N) is 4. The standard InChI is InChI=1S/C46H55N7O10/c1-27-23-39(60-4)36(42(55)48-27)26-47-44(57)41-29(3)52(28(2)30-11-18-61-19-12-30)38-25-32(6-8-34(38)41)63-22-21-62-20-17-50-13-15-51(16-14-50)31-5-7-33-35(24-31)46(59)53(45(33)58)37-9-10-40(54)49-43(37)56/h5-8,23-25,28,30,37H,9-22,26H2,1-4H3,(H,47,57)(H,48,55)(H,49,54,56)/t28-,37?/m0/s1. The maximum atomic E-state index is 13.9. The van der Waals surface area contributed by atoms with Crippen LogP contribution in [0.15, 0.2) is 47.3 Å². The van der Waals surface area contributed by atoms with Crippen molar-refractivity contribution in [3.05, 3.63) is 86.5 Å². The number of carbonyl (C=O) groups excluding carboxylic acids is 5. The molecule has 5 amide bonds. The number of pyridine rings is 1. The van der Waals surface area contributed by atoms with Gasteiger partial charge in [0.2, 0.25) is 11.8 Å². The van der Waals surface area contributed by atoms with Crippen molar-refractivity contribution in [2.45, 2.75) is 65.1 Å². The van der Waals surface area contributed by atoms with Crippen LogP contribution in [0.5, 0.6) is 11.5 Å². The van der Waals surface area contributed by atoms with Gasteiger partial charge in [-0.25, -0.2) is 0 Å². The van der Waals surface area contributed by atoms with Crippen LogP contribution in [0.2, 0.25) is 0 Å². The largest absolute Gasteiger partial charge is 0.496 e. The van der Waals surface area contributed by atoms with Gasteiger partial charge in [0.1, 0.15) is 24.1 Å². The van der Waals surface area contributed by atoms with Gasteiger partial charge in [0.15, 0.2) is 0 Å². The number of fused-ring (bicyclic) bond motifs is 2. The van der Waals surface area contributed by atoms with Crippen molar-refractivity contribution in [1.82, 2.24) is 30.0 Å². The molecule has 1 unspecified atom stereocenters. The van der Waals surface area contributed by atoms with Crippen molar-refractivity contribution in [3.63, 3.8) is 0 Å². The summed E-state index contributed by atoms with van der Waals surface area (Å²) in [6.45, 7) is 12.4. The molecule has 2 atom stereocenters. The van der Waals surface area contributed by atoms with Crippen LogP contribution in [0.3, 0.4) is 0 Å². The maximum Gasteiger partial charge on any atom is 0.262 e. The first-order valence-corrected chi connectivity index (χ1v) is 21.7. The number of piperazine rings is 1. The molecule has 0 radical (unpaired) electrons. The van der Waals surface area contributed by atoms with E-state index in [1.54, 1.807) is 25.1 Å². The fourth-order valence-electron chi connectivity index (χ4n) is 9.42. The van der Waals surface area contributed by atoms with E-state index in [1.165, 1.54) is 7.11 Å². The predicted octanol–water partition coefficient (Wildman–Crippen LogP) is 3.49. The Labute approximate surface area is 364 Å². The number of H-pyrrole nitrogens is 1. The molecule has 0 bridgehead atoms. The molecule has 63 heavy (non-hydrogen) atoms. The van der Waals surface area contributed by atoms with Gasteiger partial charge >= 0.3 is 0 Å². The normalized spacial score (nSPS) is 19.1. The van der Waals surface area contributed by atoms with E-state index >= 15 is 0 Å².